The van der Waals surface area contributed by atoms with Gasteiger partial charge >= 0.3 is 0 Å². The summed E-state index contributed by atoms with van der Waals surface area (Å²) >= 11 is 0. The zero-order valence-corrected chi connectivity index (χ0v) is 14.0. The summed E-state index contributed by atoms with van der Waals surface area (Å²) in [5, 5.41) is 3.65. The molecule has 0 amide bonds. The minimum Gasteiger partial charge on any atom is -0.436 e. The van der Waals surface area contributed by atoms with Crippen molar-refractivity contribution in [2.24, 2.45) is 0 Å². The number of fused-ring (bicyclic) bond motifs is 1. The molecule has 0 atom stereocenters. The van der Waals surface area contributed by atoms with E-state index in [1.807, 2.05) is 30.3 Å². The Morgan fingerprint density at radius 3 is 2.67 bits per heavy atom. The van der Waals surface area contributed by atoms with Gasteiger partial charge < -0.3 is 15.5 Å². The highest BCUT2D eigenvalue weighted by Gasteiger charge is 2.17. The zero-order valence-electron chi connectivity index (χ0n) is 14.0. The number of rotatable bonds is 3. The van der Waals surface area contributed by atoms with E-state index in [1.54, 1.807) is 0 Å². The van der Waals surface area contributed by atoms with Crippen molar-refractivity contribution in [3.05, 3.63) is 42.0 Å². The van der Waals surface area contributed by atoms with Crippen LogP contribution in [0, 0.1) is 6.92 Å². The number of aromatic nitrogens is 1. The maximum atomic E-state index is 6.34. The molecule has 1 saturated carbocycles. The van der Waals surface area contributed by atoms with Crippen molar-refractivity contribution in [3.63, 3.8) is 0 Å². The second-order valence-corrected chi connectivity index (χ2v) is 6.72. The topological polar surface area (TPSA) is 64.1 Å². The van der Waals surface area contributed by atoms with Crippen LogP contribution in [-0.2, 0) is 0 Å². The van der Waals surface area contributed by atoms with Gasteiger partial charge in [0.15, 0.2) is 5.58 Å². The van der Waals surface area contributed by atoms with Gasteiger partial charge in [0.1, 0.15) is 5.52 Å². The lowest BCUT2D eigenvalue weighted by Gasteiger charge is -2.25. The minimum absolute atomic E-state index is 0.537. The first kappa shape index (κ1) is 15.1. The third-order valence-electron chi connectivity index (χ3n) is 4.86. The molecule has 1 heterocycles. The number of hydrogen-bond acceptors (Lipinski definition) is 4. The van der Waals surface area contributed by atoms with Gasteiger partial charge in [-0.2, -0.15) is 0 Å². The van der Waals surface area contributed by atoms with Gasteiger partial charge in [-0.3, -0.25) is 0 Å². The molecule has 124 valence electrons. The van der Waals surface area contributed by atoms with Crippen molar-refractivity contribution in [2.45, 2.75) is 45.1 Å². The summed E-state index contributed by atoms with van der Waals surface area (Å²) < 4.78 is 5.87. The second kappa shape index (κ2) is 6.19. The van der Waals surface area contributed by atoms with Crippen LogP contribution in [0.1, 0.15) is 37.7 Å². The molecule has 0 bridgehead atoms. The van der Waals surface area contributed by atoms with E-state index in [0.29, 0.717) is 11.9 Å². The lowest BCUT2D eigenvalue weighted by atomic mass is 9.94. The Hall–Kier alpha value is -2.49. The average Bonchev–Trinajstić information content (AvgIpc) is 3.03. The fourth-order valence-corrected chi connectivity index (χ4v) is 3.58. The number of nitrogen functional groups attached to an aromatic ring is 1. The predicted octanol–water partition coefficient (Wildman–Crippen LogP) is 5.13. The number of nitrogens with zero attached hydrogens (tertiary/aromatic N) is 1. The summed E-state index contributed by atoms with van der Waals surface area (Å²) in [5.41, 5.74) is 11.9. The number of nitrogens with one attached hydrogen (secondary N) is 1. The first-order valence-corrected chi connectivity index (χ1v) is 8.73. The summed E-state index contributed by atoms with van der Waals surface area (Å²) in [5.74, 6) is 0.621. The second-order valence-electron chi connectivity index (χ2n) is 6.72. The Labute approximate surface area is 142 Å². The third-order valence-corrected chi connectivity index (χ3v) is 4.86. The summed E-state index contributed by atoms with van der Waals surface area (Å²) in [6.07, 6.45) is 6.41. The molecule has 1 aliphatic carbocycles. The molecule has 4 heteroatoms. The van der Waals surface area contributed by atoms with Crippen LogP contribution in [0.2, 0.25) is 0 Å². The molecule has 2 aromatic carbocycles. The van der Waals surface area contributed by atoms with Gasteiger partial charge in [0, 0.05) is 11.6 Å². The van der Waals surface area contributed by atoms with E-state index in [4.69, 9.17) is 10.2 Å². The Morgan fingerprint density at radius 1 is 1.12 bits per heavy atom. The lowest BCUT2D eigenvalue weighted by Crippen LogP contribution is -2.23. The quantitative estimate of drug-likeness (QED) is 0.656. The molecule has 4 rings (SSSR count). The highest BCUT2D eigenvalue weighted by Crippen LogP contribution is 2.33. The van der Waals surface area contributed by atoms with Crippen molar-refractivity contribution < 1.29 is 4.42 Å². The molecule has 4 nitrogen and oxygen atoms in total. The Morgan fingerprint density at radius 2 is 1.92 bits per heavy atom. The fraction of sp³-hybridized carbons (Fsp3) is 0.350. The van der Waals surface area contributed by atoms with Crippen molar-refractivity contribution in [3.8, 4) is 11.5 Å². The highest BCUT2D eigenvalue weighted by molar-refractivity contribution is 5.80. The van der Waals surface area contributed by atoms with Crippen LogP contribution in [0.15, 0.2) is 40.8 Å². The van der Waals surface area contributed by atoms with Crippen LogP contribution >= 0.6 is 0 Å². The third kappa shape index (κ3) is 2.84. The van der Waals surface area contributed by atoms with E-state index < -0.39 is 0 Å². The Balaban J connectivity index is 1.65. The van der Waals surface area contributed by atoms with Gasteiger partial charge in [0.05, 0.1) is 11.4 Å². The molecule has 24 heavy (non-hydrogen) atoms. The van der Waals surface area contributed by atoms with E-state index >= 15 is 0 Å². The number of nitrogens with two attached hydrogens (primary N) is 1. The molecule has 0 saturated heterocycles. The van der Waals surface area contributed by atoms with Crippen molar-refractivity contribution >= 4 is 22.5 Å². The average molecular weight is 321 g/mol. The minimum atomic E-state index is 0.537. The molecule has 1 aliphatic rings. The van der Waals surface area contributed by atoms with Gasteiger partial charge in [-0.25, -0.2) is 4.98 Å². The van der Waals surface area contributed by atoms with Gasteiger partial charge in [-0.15, -0.1) is 0 Å². The molecular weight excluding hydrogens is 298 g/mol. The predicted molar refractivity (Wildman–Crippen MR) is 99.1 cm³/mol. The van der Waals surface area contributed by atoms with Gasteiger partial charge in [-0.1, -0.05) is 31.4 Å². The number of oxazole rings is 1. The molecular formula is C20H23N3O. The number of hydrogen-bond donors (Lipinski definition) is 2. The maximum absolute atomic E-state index is 6.34. The molecule has 1 fully saturated rings. The monoisotopic (exact) mass is 321 g/mol. The van der Waals surface area contributed by atoms with Gasteiger partial charge in [-0.05, 0) is 49.6 Å². The van der Waals surface area contributed by atoms with E-state index in [2.05, 4.69) is 23.3 Å². The van der Waals surface area contributed by atoms with Gasteiger partial charge in [0.2, 0.25) is 5.89 Å². The first-order valence-electron chi connectivity index (χ1n) is 8.73. The summed E-state index contributed by atoms with van der Waals surface area (Å²) in [7, 11) is 0. The zero-order chi connectivity index (χ0) is 16.5. The Kier molecular flexibility index (Phi) is 3.89. The molecule has 0 radical (unpaired) electrons. The van der Waals surface area contributed by atoms with Crippen LogP contribution in [0.4, 0.5) is 11.4 Å². The highest BCUT2D eigenvalue weighted by atomic mass is 16.3. The van der Waals surface area contributed by atoms with Gasteiger partial charge in [0.25, 0.3) is 0 Å². The standard InChI is InChI=1S/C20H23N3O/c1-13-11-14(20-23-17-9-5-6-10-18(17)24-20)12-16(21)19(13)22-15-7-3-2-4-8-15/h5-6,9-12,15,22H,2-4,7-8,21H2,1H3. The molecule has 0 unspecified atom stereocenters. The molecule has 0 aliphatic heterocycles. The van der Waals surface area contributed by atoms with E-state index in [9.17, 15) is 0 Å². The Bertz CT molecular complexity index is 806. The van der Waals surface area contributed by atoms with Crippen LogP contribution in [0.3, 0.4) is 0 Å². The number of benzene rings is 2. The molecule has 3 aromatic rings. The van der Waals surface area contributed by atoms with Crippen molar-refractivity contribution in [1.29, 1.82) is 0 Å². The summed E-state index contributed by atoms with van der Waals surface area (Å²) in [6.45, 7) is 2.09. The maximum Gasteiger partial charge on any atom is 0.227 e. The van der Waals surface area contributed by atoms with Crippen LogP contribution < -0.4 is 11.1 Å². The number of aryl methyl sites for hydroxylation is 1. The summed E-state index contributed by atoms with van der Waals surface area (Å²) in [4.78, 5) is 4.57. The van der Waals surface area contributed by atoms with Crippen LogP contribution in [0.25, 0.3) is 22.6 Å². The van der Waals surface area contributed by atoms with Crippen LogP contribution in [-0.4, -0.2) is 11.0 Å². The molecule has 1 aromatic heterocycles. The van der Waals surface area contributed by atoms with Crippen LogP contribution in [0.5, 0.6) is 0 Å². The molecule has 0 spiro atoms. The van der Waals surface area contributed by atoms with Crippen molar-refractivity contribution in [1.82, 2.24) is 4.98 Å². The van der Waals surface area contributed by atoms with Crippen molar-refractivity contribution in [2.75, 3.05) is 11.1 Å². The summed E-state index contributed by atoms with van der Waals surface area (Å²) in [6, 6.07) is 12.4. The lowest BCUT2D eigenvalue weighted by molar-refractivity contribution is 0.462. The number of anilines is 2. The SMILES string of the molecule is Cc1cc(-c2nc3ccccc3o2)cc(N)c1NC1CCCCC1. The number of para-hydroxylation sites is 2. The largest absolute Gasteiger partial charge is 0.436 e. The molecule has 3 N–H and O–H groups in total. The van der Waals surface area contributed by atoms with E-state index in [-0.39, 0.29) is 0 Å². The normalized spacial score (nSPS) is 15.7. The van der Waals surface area contributed by atoms with E-state index in [0.717, 1.165) is 33.6 Å². The smallest absolute Gasteiger partial charge is 0.227 e. The van der Waals surface area contributed by atoms with E-state index in [1.165, 1.54) is 32.1 Å². The fourth-order valence-electron chi connectivity index (χ4n) is 3.58. The first-order chi connectivity index (χ1) is 11.7.